The molecule has 0 N–H and O–H groups in total. The van der Waals surface area contributed by atoms with Crippen molar-refractivity contribution in [3.8, 4) is 0 Å². The van der Waals surface area contributed by atoms with Crippen LogP contribution in [0.25, 0.3) is 0 Å². The number of ether oxygens (including phenoxy) is 4. The highest BCUT2D eigenvalue weighted by Crippen LogP contribution is 2.25. The van der Waals surface area contributed by atoms with E-state index in [0.29, 0.717) is 40.0 Å². The van der Waals surface area contributed by atoms with E-state index in [2.05, 4.69) is 0 Å². The maximum Gasteiger partial charge on any atom is 0.146 e. The van der Waals surface area contributed by atoms with Crippen LogP contribution in [0, 0.1) is 5.41 Å². The van der Waals surface area contributed by atoms with Gasteiger partial charge in [-0.2, -0.15) is 0 Å². The SMILES string of the molecule is C1OCC2(CO1)COCO[13CH2]2. The third-order valence-electron chi connectivity index (χ3n) is 1.97. The molecule has 2 aliphatic rings. The van der Waals surface area contributed by atoms with Crippen molar-refractivity contribution >= 4 is 0 Å². The zero-order valence-electron chi connectivity index (χ0n) is 6.38. The van der Waals surface area contributed by atoms with Crippen molar-refractivity contribution in [1.29, 1.82) is 0 Å². The molecule has 0 amide bonds. The van der Waals surface area contributed by atoms with E-state index in [1.807, 2.05) is 0 Å². The average Bonchev–Trinajstić information content (AvgIpc) is 2.07. The molecule has 2 fully saturated rings. The molecule has 0 aromatic carbocycles. The summed E-state index contributed by atoms with van der Waals surface area (Å²) in [5, 5.41) is 0. The number of rotatable bonds is 0. The average molecular weight is 161 g/mol. The summed E-state index contributed by atoms with van der Waals surface area (Å²) < 4.78 is 20.7. The lowest BCUT2D eigenvalue weighted by Crippen LogP contribution is -2.47. The van der Waals surface area contributed by atoms with E-state index in [-0.39, 0.29) is 5.41 Å². The smallest absolute Gasteiger partial charge is 0.146 e. The van der Waals surface area contributed by atoms with Gasteiger partial charge in [0.25, 0.3) is 0 Å². The number of hydrogen-bond acceptors (Lipinski definition) is 4. The van der Waals surface area contributed by atoms with Crippen LogP contribution in [0.1, 0.15) is 0 Å². The highest BCUT2D eigenvalue weighted by atomic mass is 16.7. The molecule has 0 bridgehead atoms. The summed E-state index contributed by atoms with van der Waals surface area (Å²) in [7, 11) is 0. The third kappa shape index (κ3) is 1.54. The molecule has 1 spiro atoms. The fraction of sp³-hybridized carbons (Fsp3) is 1.00. The molecule has 11 heavy (non-hydrogen) atoms. The highest BCUT2D eigenvalue weighted by Gasteiger charge is 2.36. The second-order valence-electron chi connectivity index (χ2n) is 3.13. The molecule has 0 aliphatic carbocycles. The lowest BCUT2D eigenvalue weighted by atomic mass is 10.0. The van der Waals surface area contributed by atoms with Gasteiger partial charge in [0.15, 0.2) is 0 Å². The van der Waals surface area contributed by atoms with Crippen molar-refractivity contribution in [2.24, 2.45) is 5.41 Å². The van der Waals surface area contributed by atoms with Gasteiger partial charge < -0.3 is 18.9 Å². The minimum Gasteiger partial charge on any atom is -0.355 e. The lowest BCUT2D eigenvalue weighted by Gasteiger charge is -2.38. The molecule has 4 nitrogen and oxygen atoms in total. The van der Waals surface area contributed by atoms with Gasteiger partial charge in [-0.3, -0.25) is 0 Å². The molecule has 2 saturated heterocycles. The first-order chi connectivity index (χ1) is 5.41. The van der Waals surface area contributed by atoms with Crippen LogP contribution in [0.5, 0.6) is 0 Å². The van der Waals surface area contributed by atoms with Crippen LogP contribution in [0.15, 0.2) is 0 Å². The van der Waals surface area contributed by atoms with E-state index in [9.17, 15) is 0 Å². The van der Waals surface area contributed by atoms with E-state index in [1.165, 1.54) is 0 Å². The Labute approximate surface area is 65.4 Å². The Morgan fingerprint density at radius 3 is 1.36 bits per heavy atom. The van der Waals surface area contributed by atoms with Crippen molar-refractivity contribution in [1.82, 2.24) is 0 Å². The maximum absolute atomic E-state index is 5.18. The number of hydrogen-bond donors (Lipinski definition) is 0. The van der Waals surface area contributed by atoms with Gasteiger partial charge in [-0.15, -0.1) is 0 Å². The molecule has 0 aromatic rings. The standard InChI is InChI=1S/C7H12O4/c1-7(2-9-5-8-1)3-10-6-11-4-7/h1-6H2/i1+1. The summed E-state index contributed by atoms with van der Waals surface area (Å²) in [6, 6.07) is 0. The fourth-order valence-corrected chi connectivity index (χ4v) is 1.40. The third-order valence-corrected chi connectivity index (χ3v) is 1.97. The normalized spacial score (nSPS) is 30.5. The van der Waals surface area contributed by atoms with Crippen LogP contribution in [0.4, 0.5) is 0 Å². The molecular formula is C7H12O4. The van der Waals surface area contributed by atoms with Gasteiger partial charge >= 0.3 is 0 Å². The van der Waals surface area contributed by atoms with Crippen molar-refractivity contribution < 1.29 is 18.9 Å². The first kappa shape index (κ1) is 7.49. The van der Waals surface area contributed by atoms with Crippen LogP contribution < -0.4 is 0 Å². The van der Waals surface area contributed by atoms with E-state index in [1.54, 1.807) is 0 Å². The molecule has 4 heteroatoms. The van der Waals surface area contributed by atoms with Gasteiger partial charge in [-0.1, -0.05) is 0 Å². The van der Waals surface area contributed by atoms with E-state index < -0.39 is 0 Å². The molecule has 0 atom stereocenters. The molecule has 2 aliphatic heterocycles. The van der Waals surface area contributed by atoms with Gasteiger partial charge in [-0.05, 0) is 0 Å². The summed E-state index contributed by atoms with van der Waals surface area (Å²) in [6.45, 7) is 3.56. The molecule has 0 unspecified atom stereocenters. The van der Waals surface area contributed by atoms with Gasteiger partial charge in [0, 0.05) is 0 Å². The molecule has 0 radical (unpaired) electrons. The second-order valence-corrected chi connectivity index (χ2v) is 3.13. The largest absolute Gasteiger partial charge is 0.355 e. The van der Waals surface area contributed by atoms with Gasteiger partial charge in [0.05, 0.1) is 31.8 Å². The zero-order chi connectivity index (χ0) is 7.57. The van der Waals surface area contributed by atoms with Crippen LogP contribution >= 0.6 is 0 Å². The molecule has 0 aromatic heterocycles. The summed E-state index contributed by atoms with van der Waals surface area (Å²) in [4.78, 5) is 0. The molecular weight excluding hydrogens is 149 g/mol. The minimum absolute atomic E-state index is 0.0312. The van der Waals surface area contributed by atoms with Crippen molar-refractivity contribution in [3.05, 3.63) is 0 Å². The van der Waals surface area contributed by atoms with Gasteiger partial charge in [0.1, 0.15) is 13.6 Å². The summed E-state index contributed by atoms with van der Waals surface area (Å²) in [5.74, 6) is 0. The van der Waals surface area contributed by atoms with Crippen LogP contribution in [-0.4, -0.2) is 40.0 Å². The zero-order valence-corrected chi connectivity index (χ0v) is 6.38. The Bertz CT molecular complexity index is 105. The van der Waals surface area contributed by atoms with E-state index >= 15 is 0 Å². The van der Waals surface area contributed by atoms with E-state index in [4.69, 9.17) is 18.9 Å². The Kier molecular flexibility index (Phi) is 2.09. The molecule has 2 rings (SSSR count). The van der Waals surface area contributed by atoms with E-state index in [0.717, 1.165) is 0 Å². The topological polar surface area (TPSA) is 36.9 Å². The summed E-state index contributed by atoms with van der Waals surface area (Å²) in [5.41, 5.74) is -0.0312. The monoisotopic (exact) mass is 161 g/mol. The molecule has 64 valence electrons. The van der Waals surface area contributed by atoms with Crippen molar-refractivity contribution in [3.63, 3.8) is 0 Å². The quantitative estimate of drug-likeness (QED) is 0.468. The van der Waals surface area contributed by atoms with Crippen molar-refractivity contribution in [2.45, 2.75) is 0 Å². The van der Waals surface area contributed by atoms with Crippen LogP contribution in [-0.2, 0) is 18.9 Å². The molecule has 2 heterocycles. The summed E-state index contributed by atoms with van der Waals surface area (Å²) in [6.07, 6.45) is 0. The van der Waals surface area contributed by atoms with Crippen LogP contribution in [0.2, 0.25) is 0 Å². The first-order valence-electron chi connectivity index (χ1n) is 3.72. The Morgan fingerprint density at radius 1 is 0.636 bits per heavy atom. The maximum atomic E-state index is 5.18. The highest BCUT2D eigenvalue weighted by molar-refractivity contribution is 4.81. The second kappa shape index (κ2) is 3.06. The first-order valence-corrected chi connectivity index (χ1v) is 3.72. The Balaban J connectivity index is 1.94. The van der Waals surface area contributed by atoms with Crippen LogP contribution in [0.3, 0.4) is 0 Å². The van der Waals surface area contributed by atoms with Gasteiger partial charge in [-0.25, -0.2) is 0 Å². The Hall–Kier alpha value is -0.160. The van der Waals surface area contributed by atoms with Crippen molar-refractivity contribution in [2.75, 3.05) is 40.0 Å². The van der Waals surface area contributed by atoms with Gasteiger partial charge in [0.2, 0.25) is 0 Å². The molecule has 0 saturated carbocycles. The summed E-state index contributed by atoms with van der Waals surface area (Å²) >= 11 is 0. The predicted molar refractivity (Wildman–Crippen MR) is 36.0 cm³/mol. The Morgan fingerprint density at radius 2 is 1.00 bits per heavy atom. The predicted octanol–water partition coefficient (Wildman–Crippen LogP) is -0.0186. The fourth-order valence-electron chi connectivity index (χ4n) is 1.40. The lowest BCUT2D eigenvalue weighted by molar-refractivity contribution is -0.245. The minimum atomic E-state index is -0.0312.